The van der Waals surface area contributed by atoms with Crippen molar-refractivity contribution in [3.8, 4) is 0 Å². The van der Waals surface area contributed by atoms with Gasteiger partial charge in [-0.15, -0.1) is 0 Å². The van der Waals surface area contributed by atoms with E-state index in [1.807, 2.05) is 6.92 Å². The van der Waals surface area contributed by atoms with Crippen LogP contribution in [0.25, 0.3) is 0 Å². The van der Waals surface area contributed by atoms with Gasteiger partial charge in [0.2, 0.25) is 5.91 Å². The maximum atomic E-state index is 12.1. The van der Waals surface area contributed by atoms with Crippen molar-refractivity contribution in [1.82, 2.24) is 14.8 Å². The van der Waals surface area contributed by atoms with Crippen molar-refractivity contribution in [1.29, 1.82) is 0 Å². The lowest BCUT2D eigenvalue weighted by atomic mass is 10.3. The van der Waals surface area contributed by atoms with E-state index in [9.17, 15) is 9.59 Å². The van der Waals surface area contributed by atoms with Crippen molar-refractivity contribution in [2.75, 3.05) is 33.4 Å². The average molecular weight is 302 g/mol. The maximum absolute atomic E-state index is 12.1. The van der Waals surface area contributed by atoms with Gasteiger partial charge in [0.05, 0.1) is 12.2 Å². The summed E-state index contributed by atoms with van der Waals surface area (Å²) >= 11 is 5.37. The SMILES string of the molecule is CC(S)c1nc(C(=O)N(C)CC(=O)N(C)C)sc1N. The molecule has 2 N–H and O–H groups in total. The normalized spacial score (nSPS) is 12.1. The number of likely N-dealkylation sites (N-methyl/N-ethyl adjacent to an activating group) is 2. The van der Waals surface area contributed by atoms with E-state index in [4.69, 9.17) is 5.73 Å². The van der Waals surface area contributed by atoms with Crippen LogP contribution < -0.4 is 5.73 Å². The van der Waals surface area contributed by atoms with Crippen molar-refractivity contribution in [3.63, 3.8) is 0 Å². The summed E-state index contributed by atoms with van der Waals surface area (Å²) in [6, 6.07) is 0. The first kappa shape index (κ1) is 15.8. The van der Waals surface area contributed by atoms with Gasteiger partial charge in [0.15, 0.2) is 5.01 Å². The Kier molecular flexibility index (Phi) is 5.19. The highest BCUT2D eigenvalue weighted by molar-refractivity contribution is 7.80. The summed E-state index contributed by atoms with van der Waals surface area (Å²) in [6.45, 7) is 1.85. The minimum absolute atomic E-state index is 0.0110. The fourth-order valence-electron chi connectivity index (χ4n) is 1.31. The molecule has 106 valence electrons. The zero-order chi connectivity index (χ0) is 14.7. The molecule has 0 fully saturated rings. The third kappa shape index (κ3) is 3.84. The molecular weight excluding hydrogens is 284 g/mol. The predicted molar refractivity (Wildman–Crippen MR) is 79.6 cm³/mol. The van der Waals surface area contributed by atoms with E-state index in [1.165, 1.54) is 9.80 Å². The lowest BCUT2D eigenvalue weighted by Gasteiger charge is -2.18. The standard InChI is InChI=1S/C11H18N4O2S2/c1-6(18)8-9(12)19-10(13-8)11(17)15(4)5-7(16)14(2)3/h6,18H,5,12H2,1-4H3. The molecule has 0 radical (unpaired) electrons. The van der Waals surface area contributed by atoms with Gasteiger partial charge in [-0.05, 0) is 6.92 Å². The lowest BCUT2D eigenvalue weighted by Crippen LogP contribution is -2.37. The molecule has 0 saturated carbocycles. The minimum Gasteiger partial charge on any atom is -0.389 e. The van der Waals surface area contributed by atoms with E-state index in [0.717, 1.165) is 11.3 Å². The number of hydrogen-bond donors (Lipinski definition) is 2. The molecule has 19 heavy (non-hydrogen) atoms. The molecule has 1 unspecified atom stereocenters. The van der Waals surface area contributed by atoms with Gasteiger partial charge in [0.25, 0.3) is 5.91 Å². The van der Waals surface area contributed by atoms with Gasteiger partial charge in [-0.3, -0.25) is 9.59 Å². The van der Waals surface area contributed by atoms with Crippen molar-refractivity contribution in [2.45, 2.75) is 12.2 Å². The van der Waals surface area contributed by atoms with Crippen LogP contribution in [0.1, 0.15) is 27.7 Å². The average Bonchev–Trinajstić information content (AvgIpc) is 2.70. The Bertz CT molecular complexity index is 485. The molecule has 0 saturated heterocycles. The molecule has 1 aromatic rings. The van der Waals surface area contributed by atoms with Crippen LogP contribution in [0.15, 0.2) is 0 Å². The summed E-state index contributed by atoms with van der Waals surface area (Å²) in [6.07, 6.45) is 0. The molecule has 1 rings (SSSR count). The van der Waals surface area contributed by atoms with E-state index in [0.29, 0.717) is 10.7 Å². The second-order valence-corrected chi connectivity index (χ2v) is 6.20. The fraction of sp³-hybridized carbons (Fsp3) is 0.545. The molecule has 0 bridgehead atoms. The van der Waals surface area contributed by atoms with Gasteiger partial charge in [-0.2, -0.15) is 12.6 Å². The summed E-state index contributed by atoms with van der Waals surface area (Å²) in [4.78, 5) is 30.6. The Morgan fingerprint density at radius 3 is 2.42 bits per heavy atom. The minimum atomic E-state index is -0.313. The van der Waals surface area contributed by atoms with Crippen LogP contribution in [0.5, 0.6) is 0 Å². The zero-order valence-corrected chi connectivity index (χ0v) is 13.1. The number of nitrogens with two attached hydrogens (primary N) is 1. The van der Waals surface area contributed by atoms with Gasteiger partial charge >= 0.3 is 0 Å². The van der Waals surface area contributed by atoms with Crippen molar-refractivity contribution >= 4 is 40.8 Å². The molecule has 0 aliphatic heterocycles. The first-order chi connectivity index (χ1) is 8.73. The summed E-state index contributed by atoms with van der Waals surface area (Å²) in [7, 11) is 4.84. The molecule has 1 aromatic heterocycles. The van der Waals surface area contributed by atoms with Crippen molar-refractivity contribution < 1.29 is 9.59 Å². The number of thiol groups is 1. The van der Waals surface area contributed by atoms with Crippen LogP contribution in [0.3, 0.4) is 0 Å². The highest BCUT2D eigenvalue weighted by atomic mass is 32.1. The molecule has 8 heteroatoms. The van der Waals surface area contributed by atoms with E-state index < -0.39 is 0 Å². The highest BCUT2D eigenvalue weighted by Gasteiger charge is 2.22. The van der Waals surface area contributed by atoms with E-state index in [1.54, 1.807) is 21.1 Å². The van der Waals surface area contributed by atoms with Crippen LogP contribution in [0, 0.1) is 0 Å². The lowest BCUT2D eigenvalue weighted by molar-refractivity contribution is -0.129. The number of carbonyl (C=O) groups excluding carboxylic acids is 2. The molecule has 2 amide bonds. The largest absolute Gasteiger partial charge is 0.389 e. The van der Waals surface area contributed by atoms with Gasteiger partial charge in [0.1, 0.15) is 5.00 Å². The van der Waals surface area contributed by atoms with E-state index in [-0.39, 0.29) is 28.6 Å². The van der Waals surface area contributed by atoms with Crippen LogP contribution in [-0.4, -0.2) is 54.3 Å². The second-order valence-electron chi connectivity index (χ2n) is 4.39. The number of nitrogen functional groups attached to an aromatic ring is 1. The van der Waals surface area contributed by atoms with Gasteiger partial charge in [0, 0.05) is 26.4 Å². The number of nitrogens with zero attached hydrogens (tertiary/aromatic N) is 3. The van der Waals surface area contributed by atoms with Gasteiger partial charge in [-0.25, -0.2) is 4.98 Å². The monoisotopic (exact) mass is 302 g/mol. The smallest absolute Gasteiger partial charge is 0.283 e. The molecule has 1 atom stereocenters. The first-order valence-corrected chi connectivity index (χ1v) is 6.97. The molecule has 0 aliphatic carbocycles. The van der Waals surface area contributed by atoms with Crippen molar-refractivity contribution in [2.24, 2.45) is 0 Å². The number of hydrogen-bond acceptors (Lipinski definition) is 6. The number of amides is 2. The van der Waals surface area contributed by atoms with Crippen LogP contribution >= 0.6 is 24.0 Å². The quantitative estimate of drug-likeness (QED) is 0.809. The number of aromatic nitrogens is 1. The highest BCUT2D eigenvalue weighted by Crippen LogP contribution is 2.29. The summed E-state index contributed by atoms with van der Waals surface area (Å²) < 4.78 is 0. The van der Waals surface area contributed by atoms with Gasteiger partial charge in [-0.1, -0.05) is 11.3 Å². The van der Waals surface area contributed by atoms with E-state index in [2.05, 4.69) is 17.6 Å². The molecule has 0 spiro atoms. The summed E-state index contributed by atoms with van der Waals surface area (Å²) in [5.41, 5.74) is 6.39. The Morgan fingerprint density at radius 1 is 1.42 bits per heavy atom. The maximum Gasteiger partial charge on any atom is 0.283 e. The summed E-state index contributed by atoms with van der Waals surface area (Å²) in [5, 5.41) is 0.632. The van der Waals surface area contributed by atoms with E-state index >= 15 is 0 Å². The molecule has 0 aliphatic rings. The molecular formula is C11H18N4O2S2. The predicted octanol–water partition coefficient (Wildman–Crippen LogP) is 0.876. The molecule has 6 nitrogen and oxygen atoms in total. The number of anilines is 1. The third-order valence-corrected chi connectivity index (χ3v) is 3.61. The molecule has 1 heterocycles. The van der Waals surface area contributed by atoms with Crippen LogP contribution in [-0.2, 0) is 4.79 Å². The topological polar surface area (TPSA) is 79.5 Å². The first-order valence-electron chi connectivity index (χ1n) is 5.64. The Hall–Kier alpha value is -1.28. The third-order valence-electron chi connectivity index (χ3n) is 2.48. The Labute approximate surface area is 122 Å². The number of thiazole rings is 1. The Morgan fingerprint density at radius 2 is 2.00 bits per heavy atom. The van der Waals surface area contributed by atoms with Crippen LogP contribution in [0.2, 0.25) is 0 Å². The number of rotatable bonds is 4. The summed E-state index contributed by atoms with van der Waals surface area (Å²) in [5.74, 6) is -0.463. The van der Waals surface area contributed by atoms with Crippen molar-refractivity contribution in [3.05, 3.63) is 10.7 Å². The zero-order valence-electron chi connectivity index (χ0n) is 11.4. The van der Waals surface area contributed by atoms with Crippen LogP contribution in [0.4, 0.5) is 5.00 Å². The van der Waals surface area contributed by atoms with Gasteiger partial charge < -0.3 is 15.5 Å². The number of carbonyl (C=O) groups is 2. The fourth-order valence-corrected chi connectivity index (χ4v) is 2.52. The molecule has 0 aromatic carbocycles. The second kappa shape index (κ2) is 6.25. The Balaban J connectivity index is 2.83.